The lowest BCUT2D eigenvalue weighted by atomic mass is 9.87. The van der Waals surface area contributed by atoms with Gasteiger partial charge < -0.3 is 9.73 Å². The van der Waals surface area contributed by atoms with E-state index in [1.54, 1.807) is 0 Å². The molecule has 1 amide bonds. The van der Waals surface area contributed by atoms with Gasteiger partial charge in [-0.15, -0.1) is 10.2 Å². The number of nitrogens with zero attached hydrogens (tertiary/aromatic N) is 2. The van der Waals surface area contributed by atoms with Gasteiger partial charge in [0.1, 0.15) is 0 Å². The molecule has 1 N–H and O–H groups in total. The molecule has 5 nitrogen and oxygen atoms in total. The van der Waals surface area contributed by atoms with Crippen LogP contribution in [0, 0.1) is 5.92 Å². The number of aromatic nitrogens is 2. The minimum absolute atomic E-state index is 0.0204. The Bertz CT molecular complexity index is 702. The van der Waals surface area contributed by atoms with E-state index in [1.165, 1.54) is 17.3 Å². The highest BCUT2D eigenvalue weighted by Crippen LogP contribution is 2.28. The summed E-state index contributed by atoms with van der Waals surface area (Å²) < 4.78 is 5.70. The van der Waals surface area contributed by atoms with Gasteiger partial charge in [0.05, 0.1) is 5.25 Å². The molecule has 0 spiro atoms. The first kappa shape index (κ1) is 19.5. The molecule has 0 radical (unpaired) electrons. The lowest BCUT2D eigenvalue weighted by Crippen LogP contribution is -2.33. The number of amides is 1. The number of hydrogen-bond donors (Lipinski definition) is 1. The summed E-state index contributed by atoms with van der Waals surface area (Å²) in [5, 5.41) is 11.2. The van der Waals surface area contributed by atoms with Crippen molar-refractivity contribution in [1.29, 1.82) is 0 Å². The fraction of sp³-hybridized carbons (Fsp3) is 0.526. The first-order valence-electron chi connectivity index (χ1n) is 8.55. The van der Waals surface area contributed by atoms with E-state index in [4.69, 9.17) is 4.42 Å². The fourth-order valence-corrected chi connectivity index (χ4v) is 2.85. The highest BCUT2D eigenvalue weighted by molar-refractivity contribution is 8.00. The van der Waals surface area contributed by atoms with Crippen molar-refractivity contribution < 1.29 is 9.21 Å². The molecule has 0 aliphatic carbocycles. The van der Waals surface area contributed by atoms with E-state index in [0.29, 0.717) is 23.6 Å². The number of benzene rings is 1. The van der Waals surface area contributed by atoms with Crippen LogP contribution in [0.5, 0.6) is 0 Å². The molecule has 1 aromatic heterocycles. The quantitative estimate of drug-likeness (QED) is 0.778. The lowest BCUT2D eigenvalue weighted by Gasteiger charge is -2.18. The maximum Gasteiger partial charge on any atom is 0.277 e. The van der Waals surface area contributed by atoms with Crippen molar-refractivity contribution in [1.82, 2.24) is 15.5 Å². The molecule has 1 aromatic carbocycles. The number of hydrogen-bond acceptors (Lipinski definition) is 5. The summed E-state index contributed by atoms with van der Waals surface area (Å²) in [6, 6.07) is 8.13. The van der Waals surface area contributed by atoms with Gasteiger partial charge in [0.25, 0.3) is 5.22 Å². The molecule has 2 rings (SSSR count). The van der Waals surface area contributed by atoms with Crippen molar-refractivity contribution in [3.63, 3.8) is 0 Å². The summed E-state index contributed by atoms with van der Waals surface area (Å²) in [5.41, 5.74) is 2.23. The van der Waals surface area contributed by atoms with Crippen LogP contribution in [0.3, 0.4) is 0 Å². The molecule has 2 aromatic rings. The van der Waals surface area contributed by atoms with Crippen LogP contribution in [0.15, 0.2) is 33.9 Å². The smallest absolute Gasteiger partial charge is 0.277 e. The van der Waals surface area contributed by atoms with Gasteiger partial charge in [0.2, 0.25) is 11.8 Å². The SMILES string of the molecule is CC(C)CNC(=O)[C@@H](C)Sc1nnc(-c2ccc(C(C)(C)C)cc2)o1. The van der Waals surface area contributed by atoms with Crippen LogP contribution in [-0.4, -0.2) is 27.9 Å². The highest BCUT2D eigenvalue weighted by atomic mass is 32.2. The van der Waals surface area contributed by atoms with E-state index >= 15 is 0 Å². The molecule has 0 fully saturated rings. The monoisotopic (exact) mass is 361 g/mol. The molecule has 0 aliphatic rings. The molecule has 0 unspecified atom stereocenters. The number of rotatable bonds is 6. The molecule has 0 saturated heterocycles. The van der Waals surface area contributed by atoms with Crippen LogP contribution in [0.4, 0.5) is 0 Å². The zero-order valence-corrected chi connectivity index (χ0v) is 16.6. The van der Waals surface area contributed by atoms with Crippen molar-refractivity contribution in [3.05, 3.63) is 29.8 Å². The molecule has 0 aliphatic heterocycles. The molecule has 0 bridgehead atoms. The van der Waals surface area contributed by atoms with Crippen molar-refractivity contribution in [2.75, 3.05) is 6.54 Å². The van der Waals surface area contributed by atoms with Gasteiger partial charge in [-0.3, -0.25) is 4.79 Å². The number of carbonyl (C=O) groups excluding carboxylic acids is 1. The van der Waals surface area contributed by atoms with Crippen LogP contribution in [-0.2, 0) is 10.2 Å². The Morgan fingerprint density at radius 2 is 1.80 bits per heavy atom. The number of nitrogens with one attached hydrogen (secondary N) is 1. The number of thioether (sulfide) groups is 1. The van der Waals surface area contributed by atoms with Gasteiger partial charge in [-0.1, -0.05) is 58.5 Å². The average Bonchev–Trinajstić information content (AvgIpc) is 3.00. The third kappa shape index (κ3) is 5.59. The van der Waals surface area contributed by atoms with Crippen LogP contribution in [0.25, 0.3) is 11.5 Å². The van der Waals surface area contributed by atoms with Crippen LogP contribution in [0.2, 0.25) is 0 Å². The van der Waals surface area contributed by atoms with E-state index in [1.807, 2.05) is 19.1 Å². The van der Waals surface area contributed by atoms with Crippen molar-refractivity contribution >= 4 is 17.7 Å². The second-order valence-electron chi connectivity index (χ2n) is 7.60. The minimum atomic E-state index is -0.282. The van der Waals surface area contributed by atoms with Gasteiger partial charge in [0, 0.05) is 12.1 Å². The van der Waals surface area contributed by atoms with Crippen molar-refractivity contribution in [3.8, 4) is 11.5 Å². The Morgan fingerprint density at radius 3 is 2.36 bits per heavy atom. The fourth-order valence-electron chi connectivity index (χ4n) is 2.14. The molecule has 0 saturated carbocycles. The van der Waals surface area contributed by atoms with Gasteiger partial charge in [-0.25, -0.2) is 0 Å². The van der Waals surface area contributed by atoms with Gasteiger partial charge >= 0.3 is 0 Å². The van der Waals surface area contributed by atoms with E-state index in [2.05, 4.69) is 62.3 Å². The summed E-state index contributed by atoms with van der Waals surface area (Å²) >= 11 is 1.27. The maximum absolute atomic E-state index is 12.0. The predicted octanol–water partition coefficient (Wildman–Crippen LogP) is 4.29. The van der Waals surface area contributed by atoms with Crippen LogP contribution < -0.4 is 5.32 Å². The van der Waals surface area contributed by atoms with Crippen molar-refractivity contribution in [2.45, 2.75) is 57.4 Å². The Kier molecular flexibility index (Phi) is 6.27. The van der Waals surface area contributed by atoms with E-state index in [0.717, 1.165) is 5.56 Å². The summed E-state index contributed by atoms with van der Waals surface area (Å²) in [5.74, 6) is 0.873. The van der Waals surface area contributed by atoms with Crippen LogP contribution in [0.1, 0.15) is 47.1 Å². The topological polar surface area (TPSA) is 68.0 Å². The lowest BCUT2D eigenvalue weighted by molar-refractivity contribution is -0.120. The number of carbonyl (C=O) groups is 1. The molecule has 136 valence electrons. The Hall–Kier alpha value is -1.82. The Labute approximate surface area is 154 Å². The second kappa shape index (κ2) is 8.04. The molecule has 6 heteroatoms. The first-order chi connectivity index (χ1) is 11.7. The Balaban J connectivity index is 2.01. The third-order valence-electron chi connectivity index (χ3n) is 3.74. The molecule has 1 atom stereocenters. The minimum Gasteiger partial charge on any atom is -0.411 e. The normalized spacial score (nSPS) is 13.1. The highest BCUT2D eigenvalue weighted by Gasteiger charge is 2.19. The van der Waals surface area contributed by atoms with Crippen molar-refractivity contribution in [2.24, 2.45) is 5.92 Å². The Morgan fingerprint density at radius 1 is 1.16 bits per heavy atom. The summed E-state index contributed by atoms with van der Waals surface area (Å²) in [7, 11) is 0. The molecule has 1 heterocycles. The zero-order valence-electron chi connectivity index (χ0n) is 15.8. The molecule has 25 heavy (non-hydrogen) atoms. The molecular weight excluding hydrogens is 334 g/mol. The molecular formula is C19H27N3O2S. The summed E-state index contributed by atoms with van der Waals surface area (Å²) in [6.45, 7) is 13.2. The van der Waals surface area contributed by atoms with E-state index < -0.39 is 0 Å². The third-order valence-corrected chi connectivity index (χ3v) is 4.67. The van der Waals surface area contributed by atoms with E-state index in [9.17, 15) is 4.79 Å². The maximum atomic E-state index is 12.0. The van der Waals surface area contributed by atoms with Gasteiger partial charge in [-0.2, -0.15) is 0 Å². The van der Waals surface area contributed by atoms with Gasteiger partial charge in [0.15, 0.2) is 0 Å². The largest absolute Gasteiger partial charge is 0.411 e. The van der Waals surface area contributed by atoms with Crippen LogP contribution >= 0.6 is 11.8 Å². The average molecular weight is 362 g/mol. The summed E-state index contributed by atoms with van der Waals surface area (Å²) in [6.07, 6.45) is 0. The summed E-state index contributed by atoms with van der Waals surface area (Å²) in [4.78, 5) is 12.0. The zero-order chi connectivity index (χ0) is 18.6. The second-order valence-corrected chi connectivity index (χ2v) is 8.89. The first-order valence-corrected chi connectivity index (χ1v) is 9.43. The standard InChI is InChI=1S/C19H27N3O2S/c1-12(2)11-20-16(23)13(3)25-18-22-21-17(24-18)14-7-9-15(10-8-14)19(4,5)6/h7-10,12-13H,11H2,1-6H3,(H,20,23)/t13-/m1/s1. The van der Waals surface area contributed by atoms with Gasteiger partial charge in [-0.05, 0) is 36.0 Å². The van der Waals surface area contributed by atoms with E-state index in [-0.39, 0.29) is 16.6 Å². The predicted molar refractivity (Wildman–Crippen MR) is 102 cm³/mol.